The minimum absolute atomic E-state index is 0.0189. The van der Waals surface area contributed by atoms with Crippen molar-refractivity contribution < 1.29 is 14.3 Å². The van der Waals surface area contributed by atoms with Gasteiger partial charge >= 0.3 is 0 Å². The van der Waals surface area contributed by atoms with Gasteiger partial charge in [0.05, 0.1) is 6.42 Å². The lowest BCUT2D eigenvalue weighted by Gasteiger charge is -1.95. The third kappa shape index (κ3) is 5.72. The normalized spacial score (nSPS) is 9.40. The van der Waals surface area contributed by atoms with E-state index in [0.717, 1.165) is 0 Å². The molecule has 0 heterocycles. The van der Waals surface area contributed by atoms with Gasteiger partial charge < -0.3 is 4.74 Å². The van der Waals surface area contributed by atoms with Gasteiger partial charge in [-0.2, -0.15) is 0 Å². The Bertz CT molecular complexity index is 133. The molecular formula is C6H9ClO3. The van der Waals surface area contributed by atoms with Crippen LogP contribution < -0.4 is 0 Å². The number of carbonyl (C=O) groups is 2. The van der Waals surface area contributed by atoms with Crippen LogP contribution in [0.5, 0.6) is 0 Å². The molecule has 0 aliphatic carbocycles. The number of rotatable bonds is 5. The molecule has 0 aromatic rings. The Labute approximate surface area is 64.3 Å². The summed E-state index contributed by atoms with van der Waals surface area (Å²) in [6.45, 7) is 2.23. The fourth-order valence-electron chi connectivity index (χ4n) is 0.422. The van der Waals surface area contributed by atoms with Gasteiger partial charge in [-0.1, -0.05) is 0 Å². The highest BCUT2D eigenvalue weighted by molar-refractivity contribution is 6.64. The molecule has 0 unspecified atom stereocenters. The van der Waals surface area contributed by atoms with Gasteiger partial charge in [-0.3, -0.25) is 9.59 Å². The van der Waals surface area contributed by atoms with Gasteiger partial charge in [0, 0.05) is 6.61 Å². The summed E-state index contributed by atoms with van der Waals surface area (Å²) >= 11 is 4.94. The quantitative estimate of drug-likeness (QED) is 0.445. The zero-order chi connectivity index (χ0) is 7.98. The molecule has 0 aliphatic heterocycles. The lowest BCUT2D eigenvalue weighted by molar-refractivity contribution is -0.126. The Morgan fingerprint density at radius 2 is 2.10 bits per heavy atom. The van der Waals surface area contributed by atoms with Crippen LogP contribution in [0, 0.1) is 0 Å². The number of hydrogen-bond acceptors (Lipinski definition) is 3. The fraction of sp³-hybridized carbons (Fsp3) is 0.667. The van der Waals surface area contributed by atoms with Crippen molar-refractivity contribution >= 4 is 22.6 Å². The van der Waals surface area contributed by atoms with E-state index in [4.69, 9.17) is 16.3 Å². The molecule has 0 aliphatic rings. The van der Waals surface area contributed by atoms with E-state index < -0.39 is 5.24 Å². The van der Waals surface area contributed by atoms with E-state index in [9.17, 15) is 9.59 Å². The second-order valence-electron chi connectivity index (χ2n) is 1.71. The first-order valence-corrected chi connectivity index (χ1v) is 3.32. The summed E-state index contributed by atoms with van der Waals surface area (Å²) in [6, 6.07) is 0. The molecule has 0 N–H and O–H groups in total. The molecule has 0 amide bonds. The molecule has 3 nitrogen and oxygen atoms in total. The zero-order valence-corrected chi connectivity index (χ0v) is 6.48. The predicted molar refractivity (Wildman–Crippen MR) is 37.0 cm³/mol. The van der Waals surface area contributed by atoms with Crippen molar-refractivity contribution in [3.8, 4) is 0 Å². The van der Waals surface area contributed by atoms with E-state index >= 15 is 0 Å². The molecular weight excluding hydrogens is 156 g/mol. The molecule has 0 rings (SSSR count). The van der Waals surface area contributed by atoms with E-state index in [1.807, 2.05) is 0 Å². The summed E-state index contributed by atoms with van der Waals surface area (Å²) in [6.07, 6.45) is -0.235. The average molecular weight is 165 g/mol. The molecule has 0 aromatic heterocycles. The van der Waals surface area contributed by atoms with Crippen molar-refractivity contribution in [3.05, 3.63) is 0 Å². The Morgan fingerprint density at radius 1 is 1.50 bits per heavy atom. The Kier molecular flexibility index (Phi) is 5.16. The van der Waals surface area contributed by atoms with Crippen molar-refractivity contribution in [3.63, 3.8) is 0 Å². The summed E-state index contributed by atoms with van der Waals surface area (Å²) in [5.74, 6) is -0.276. The second kappa shape index (κ2) is 5.38. The van der Waals surface area contributed by atoms with Gasteiger partial charge in [0.25, 0.3) is 0 Å². The topological polar surface area (TPSA) is 43.4 Å². The number of carbonyl (C=O) groups excluding carboxylic acids is 2. The first kappa shape index (κ1) is 9.59. The summed E-state index contributed by atoms with van der Waals surface area (Å²) in [5.41, 5.74) is 0. The number of hydrogen-bond donors (Lipinski definition) is 0. The van der Waals surface area contributed by atoms with Gasteiger partial charge in [-0.25, -0.2) is 0 Å². The molecule has 0 spiro atoms. The Hall–Kier alpha value is -0.410. The van der Waals surface area contributed by atoms with Crippen LogP contribution in [0.1, 0.15) is 13.3 Å². The van der Waals surface area contributed by atoms with Crippen molar-refractivity contribution in [1.82, 2.24) is 0 Å². The molecule has 0 bridgehead atoms. The third-order valence-corrected chi connectivity index (χ3v) is 0.937. The second-order valence-corrected chi connectivity index (χ2v) is 2.13. The van der Waals surface area contributed by atoms with Crippen molar-refractivity contribution in [2.75, 3.05) is 13.2 Å². The standard InChI is InChI=1S/C6H9ClO3/c1-2-10-4-5(8)3-6(7)9/h2-4H2,1H3. The third-order valence-electron chi connectivity index (χ3n) is 0.803. The Balaban J connectivity index is 3.35. The first-order chi connectivity index (χ1) is 4.66. The molecule has 0 saturated heterocycles. The van der Waals surface area contributed by atoms with E-state index in [2.05, 4.69) is 0 Å². The number of Topliss-reactive ketones (excluding diaryl/α,β-unsaturated/α-hetero) is 1. The van der Waals surface area contributed by atoms with Crippen LogP contribution >= 0.6 is 11.6 Å². The van der Waals surface area contributed by atoms with Gasteiger partial charge in [-0.15, -0.1) is 0 Å². The first-order valence-electron chi connectivity index (χ1n) is 2.94. The van der Waals surface area contributed by atoms with Gasteiger partial charge in [-0.05, 0) is 18.5 Å². The van der Waals surface area contributed by atoms with Crippen molar-refractivity contribution in [2.24, 2.45) is 0 Å². The summed E-state index contributed by atoms with van der Waals surface area (Å²) in [7, 11) is 0. The number of halogens is 1. The van der Waals surface area contributed by atoms with E-state index in [1.54, 1.807) is 6.92 Å². The van der Waals surface area contributed by atoms with Gasteiger partial charge in [0.15, 0.2) is 5.78 Å². The van der Waals surface area contributed by atoms with Gasteiger partial charge in [0.1, 0.15) is 6.61 Å². The maximum Gasteiger partial charge on any atom is 0.229 e. The SMILES string of the molecule is CCOCC(=O)CC(=O)Cl. The maximum atomic E-state index is 10.6. The monoisotopic (exact) mass is 164 g/mol. The lowest BCUT2D eigenvalue weighted by atomic mass is 10.3. The molecule has 58 valence electrons. The van der Waals surface area contributed by atoms with Crippen LogP contribution in [-0.2, 0) is 14.3 Å². The maximum absolute atomic E-state index is 10.6. The average Bonchev–Trinajstić information content (AvgIpc) is 1.82. The van der Waals surface area contributed by atoms with Crippen molar-refractivity contribution in [1.29, 1.82) is 0 Å². The van der Waals surface area contributed by atoms with E-state index in [1.165, 1.54) is 0 Å². The van der Waals surface area contributed by atoms with Crippen LogP contribution in [-0.4, -0.2) is 24.2 Å². The minimum atomic E-state index is -0.635. The highest BCUT2D eigenvalue weighted by Gasteiger charge is 2.05. The van der Waals surface area contributed by atoms with Crippen LogP contribution in [0.2, 0.25) is 0 Å². The highest BCUT2D eigenvalue weighted by atomic mass is 35.5. The molecule has 4 heteroatoms. The Morgan fingerprint density at radius 3 is 2.50 bits per heavy atom. The van der Waals surface area contributed by atoms with Crippen LogP contribution in [0.15, 0.2) is 0 Å². The van der Waals surface area contributed by atoms with E-state index in [-0.39, 0.29) is 18.8 Å². The number of ketones is 1. The van der Waals surface area contributed by atoms with Crippen LogP contribution in [0.3, 0.4) is 0 Å². The molecule has 0 radical (unpaired) electrons. The van der Waals surface area contributed by atoms with Gasteiger partial charge in [0.2, 0.25) is 5.24 Å². The van der Waals surface area contributed by atoms with Crippen molar-refractivity contribution in [2.45, 2.75) is 13.3 Å². The predicted octanol–water partition coefficient (Wildman–Crippen LogP) is 0.748. The molecule has 0 aromatic carbocycles. The summed E-state index contributed by atoms with van der Waals surface area (Å²) < 4.78 is 4.74. The molecule has 0 saturated carbocycles. The number of ether oxygens (including phenoxy) is 1. The summed E-state index contributed by atoms with van der Waals surface area (Å²) in [4.78, 5) is 20.7. The minimum Gasteiger partial charge on any atom is -0.374 e. The fourth-order valence-corrected chi connectivity index (χ4v) is 0.571. The molecule has 0 atom stereocenters. The smallest absolute Gasteiger partial charge is 0.229 e. The zero-order valence-electron chi connectivity index (χ0n) is 5.72. The molecule has 0 fully saturated rings. The van der Waals surface area contributed by atoms with E-state index in [0.29, 0.717) is 6.61 Å². The highest BCUT2D eigenvalue weighted by Crippen LogP contribution is 1.90. The lowest BCUT2D eigenvalue weighted by Crippen LogP contribution is -2.10. The molecule has 10 heavy (non-hydrogen) atoms. The largest absolute Gasteiger partial charge is 0.374 e. The van der Waals surface area contributed by atoms with Crippen LogP contribution in [0.25, 0.3) is 0 Å². The summed E-state index contributed by atoms with van der Waals surface area (Å²) in [5, 5.41) is -0.635. The van der Waals surface area contributed by atoms with Crippen LogP contribution in [0.4, 0.5) is 0 Å².